The van der Waals surface area contributed by atoms with E-state index in [0.29, 0.717) is 5.69 Å². The van der Waals surface area contributed by atoms with Crippen LogP contribution in [0, 0.1) is 5.82 Å². The van der Waals surface area contributed by atoms with Crippen LogP contribution < -0.4 is 5.32 Å². The lowest BCUT2D eigenvalue weighted by Gasteiger charge is -2.09. The number of carbonyl (C=O) groups is 1. The van der Waals surface area contributed by atoms with Gasteiger partial charge in [-0.1, -0.05) is 54.6 Å². The Kier molecular flexibility index (Phi) is 4.49. The summed E-state index contributed by atoms with van der Waals surface area (Å²) >= 11 is 0. The number of para-hydroxylation sites is 2. The number of carbonyl (C=O) groups excluding carboxylic acids is 1. The number of nitrogens with zero attached hydrogens (tertiary/aromatic N) is 1. The fourth-order valence-corrected chi connectivity index (χ4v) is 2.87. The van der Waals surface area contributed by atoms with Gasteiger partial charge in [0.1, 0.15) is 5.82 Å². The van der Waals surface area contributed by atoms with E-state index >= 15 is 0 Å². The molecule has 4 nitrogen and oxygen atoms in total. The zero-order chi connectivity index (χ0) is 18.6. The van der Waals surface area contributed by atoms with Crippen molar-refractivity contribution in [2.75, 3.05) is 5.32 Å². The van der Waals surface area contributed by atoms with E-state index in [-0.39, 0.29) is 5.56 Å². The highest BCUT2D eigenvalue weighted by molar-refractivity contribution is 6.05. The summed E-state index contributed by atoms with van der Waals surface area (Å²) in [5, 5.41) is 11.1. The van der Waals surface area contributed by atoms with Crippen molar-refractivity contribution in [3.05, 3.63) is 95.4 Å². The fraction of sp³-hybridized carbons (Fsp3) is 0. The Morgan fingerprint density at radius 2 is 1.67 bits per heavy atom. The van der Waals surface area contributed by atoms with E-state index in [4.69, 9.17) is 0 Å². The van der Waals surface area contributed by atoms with Crippen LogP contribution in [0.5, 0.6) is 0 Å². The van der Waals surface area contributed by atoms with Crippen LogP contribution in [0.4, 0.5) is 10.1 Å². The van der Waals surface area contributed by atoms with Gasteiger partial charge < -0.3 is 5.32 Å². The average Bonchev–Trinajstić information content (AvgIpc) is 3.11. The van der Waals surface area contributed by atoms with E-state index in [9.17, 15) is 9.18 Å². The van der Waals surface area contributed by atoms with Crippen LogP contribution in [0.1, 0.15) is 21.6 Å². The second-order valence-corrected chi connectivity index (χ2v) is 6.01. The molecule has 0 bridgehead atoms. The van der Waals surface area contributed by atoms with Crippen molar-refractivity contribution in [3.63, 3.8) is 0 Å². The van der Waals surface area contributed by atoms with Gasteiger partial charge in [0, 0.05) is 11.1 Å². The summed E-state index contributed by atoms with van der Waals surface area (Å²) in [5.74, 6) is -1.04. The Morgan fingerprint density at radius 1 is 0.926 bits per heavy atom. The molecule has 0 radical (unpaired) electrons. The van der Waals surface area contributed by atoms with E-state index < -0.39 is 11.7 Å². The number of fused-ring (bicyclic) bond motifs is 1. The molecule has 3 aromatic carbocycles. The van der Waals surface area contributed by atoms with Crippen LogP contribution in [0.25, 0.3) is 23.1 Å². The lowest BCUT2D eigenvalue weighted by atomic mass is 10.1. The molecule has 0 aliphatic carbocycles. The maximum absolute atomic E-state index is 13.8. The van der Waals surface area contributed by atoms with Gasteiger partial charge in [0.05, 0.1) is 16.8 Å². The molecule has 0 fully saturated rings. The SMILES string of the molecule is O=C(Nc1ccccc1/C=C/c1n[nH]c2ccccc12)c1ccccc1F. The van der Waals surface area contributed by atoms with Crippen molar-refractivity contribution < 1.29 is 9.18 Å². The van der Waals surface area contributed by atoms with Crippen molar-refractivity contribution in [1.29, 1.82) is 0 Å². The first-order chi connectivity index (χ1) is 13.2. The van der Waals surface area contributed by atoms with Gasteiger partial charge in [-0.2, -0.15) is 5.10 Å². The number of hydrogen-bond donors (Lipinski definition) is 2. The van der Waals surface area contributed by atoms with E-state index in [0.717, 1.165) is 22.2 Å². The fourth-order valence-electron chi connectivity index (χ4n) is 2.87. The molecule has 0 atom stereocenters. The highest BCUT2D eigenvalue weighted by atomic mass is 19.1. The number of aromatic nitrogens is 2. The smallest absolute Gasteiger partial charge is 0.258 e. The molecule has 0 aliphatic heterocycles. The number of halogens is 1. The van der Waals surface area contributed by atoms with Gasteiger partial charge in [0.2, 0.25) is 0 Å². The van der Waals surface area contributed by atoms with Crippen molar-refractivity contribution >= 4 is 34.6 Å². The number of aromatic amines is 1. The molecule has 1 aromatic heterocycles. The molecule has 1 amide bonds. The predicted octanol–water partition coefficient (Wildman–Crippen LogP) is 5.12. The van der Waals surface area contributed by atoms with Gasteiger partial charge in [-0.25, -0.2) is 4.39 Å². The van der Waals surface area contributed by atoms with Gasteiger partial charge >= 0.3 is 0 Å². The number of H-pyrrole nitrogens is 1. The van der Waals surface area contributed by atoms with Gasteiger partial charge in [-0.15, -0.1) is 0 Å². The van der Waals surface area contributed by atoms with E-state index in [1.807, 2.05) is 54.6 Å². The zero-order valence-corrected chi connectivity index (χ0v) is 14.3. The largest absolute Gasteiger partial charge is 0.321 e. The van der Waals surface area contributed by atoms with Crippen LogP contribution in [0.3, 0.4) is 0 Å². The van der Waals surface area contributed by atoms with Crippen molar-refractivity contribution in [3.8, 4) is 0 Å². The van der Waals surface area contributed by atoms with E-state index in [2.05, 4.69) is 15.5 Å². The van der Waals surface area contributed by atoms with Gasteiger partial charge in [-0.3, -0.25) is 9.89 Å². The molecule has 2 N–H and O–H groups in total. The maximum atomic E-state index is 13.8. The molecule has 27 heavy (non-hydrogen) atoms. The first kappa shape index (κ1) is 16.7. The average molecular weight is 357 g/mol. The molecule has 5 heteroatoms. The molecule has 0 saturated heterocycles. The lowest BCUT2D eigenvalue weighted by molar-refractivity contribution is 0.102. The summed E-state index contributed by atoms with van der Waals surface area (Å²) in [6.45, 7) is 0. The molecule has 0 saturated carbocycles. The Balaban J connectivity index is 1.62. The molecule has 0 unspecified atom stereocenters. The minimum Gasteiger partial charge on any atom is -0.321 e. The predicted molar refractivity (Wildman–Crippen MR) is 106 cm³/mol. The second-order valence-electron chi connectivity index (χ2n) is 6.01. The van der Waals surface area contributed by atoms with E-state index in [1.54, 1.807) is 18.2 Å². The molecule has 0 aliphatic rings. The number of anilines is 1. The summed E-state index contributed by atoms with van der Waals surface area (Å²) in [6, 6.07) is 21.1. The molecule has 0 spiro atoms. The molecular weight excluding hydrogens is 341 g/mol. The molecular formula is C22H16FN3O. The Morgan fingerprint density at radius 3 is 2.56 bits per heavy atom. The third kappa shape index (κ3) is 3.48. The molecule has 132 valence electrons. The molecule has 4 aromatic rings. The second kappa shape index (κ2) is 7.25. The zero-order valence-electron chi connectivity index (χ0n) is 14.3. The number of rotatable bonds is 4. The Bertz CT molecular complexity index is 1150. The van der Waals surface area contributed by atoms with Crippen LogP contribution in [-0.4, -0.2) is 16.1 Å². The quantitative estimate of drug-likeness (QED) is 0.532. The normalized spacial score (nSPS) is 11.1. The van der Waals surface area contributed by atoms with Crippen LogP contribution in [-0.2, 0) is 0 Å². The minimum absolute atomic E-state index is 0.00887. The van der Waals surface area contributed by atoms with Crippen LogP contribution in [0.15, 0.2) is 72.8 Å². The number of benzene rings is 3. The summed E-state index contributed by atoms with van der Waals surface area (Å²) in [4.78, 5) is 12.4. The third-order valence-electron chi connectivity index (χ3n) is 4.25. The first-order valence-corrected chi connectivity index (χ1v) is 8.48. The summed E-state index contributed by atoms with van der Waals surface area (Å²) in [7, 11) is 0. The van der Waals surface area contributed by atoms with E-state index in [1.165, 1.54) is 12.1 Å². The Hall–Kier alpha value is -3.73. The highest BCUT2D eigenvalue weighted by Crippen LogP contribution is 2.22. The van der Waals surface area contributed by atoms with Crippen LogP contribution >= 0.6 is 0 Å². The molecule has 4 rings (SSSR count). The topological polar surface area (TPSA) is 57.8 Å². The highest BCUT2D eigenvalue weighted by Gasteiger charge is 2.12. The van der Waals surface area contributed by atoms with Gasteiger partial charge in [0.25, 0.3) is 5.91 Å². The number of hydrogen-bond acceptors (Lipinski definition) is 2. The standard InChI is InChI=1S/C22H16FN3O/c23-18-10-4-2-8-16(18)22(27)24-19-11-5-1-7-15(19)13-14-21-17-9-3-6-12-20(17)25-26-21/h1-14H,(H,24,27)(H,25,26)/b14-13+. The van der Waals surface area contributed by atoms with Crippen LogP contribution in [0.2, 0.25) is 0 Å². The van der Waals surface area contributed by atoms with Crippen molar-refractivity contribution in [1.82, 2.24) is 10.2 Å². The summed E-state index contributed by atoms with van der Waals surface area (Å²) in [5.41, 5.74) is 3.17. The van der Waals surface area contributed by atoms with Crippen molar-refractivity contribution in [2.24, 2.45) is 0 Å². The van der Waals surface area contributed by atoms with Gasteiger partial charge in [-0.05, 0) is 35.9 Å². The number of nitrogens with one attached hydrogen (secondary N) is 2. The van der Waals surface area contributed by atoms with Crippen molar-refractivity contribution in [2.45, 2.75) is 0 Å². The Labute approximate surface area is 155 Å². The number of amides is 1. The summed E-state index contributed by atoms with van der Waals surface area (Å²) < 4.78 is 13.8. The monoisotopic (exact) mass is 357 g/mol. The third-order valence-corrected chi connectivity index (χ3v) is 4.25. The summed E-state index contributed by atoms with van der Waals surface area (Å²) in [6.07, 6.45) is 3.76. The minimum atomic E-state index is -0.550. The van der Waals surface area contributed by atoms with Gasteiger partial charge in [0.15, 0.2) is 0 Å². The molecule has 1 heterocycles. The maximum Gasteiger partial charge on any atom is 0.258 e. The lowest BCUT2D eigenvalue weighted by Crippen LogP contribution is -2.14. The first-order valence-electron chi connectivity index (χ1n) is 8.48.